The van der Waals surface area contributed by atoms with Gasteiger partial charge in [0.25, 0.3) is 0 Å². The third-order valence-electron chi connectivity index (χ3n) is 7.87. The first-order valence-electron chi connectivity index (χ1n) is 13.3. The molecule has 0 aliphatic carbocycles. The molecule has 0 radical (unpaired) electrons. The Morgan fingerprint density at radius 1 is 1.16 bits per heavy atom. The van der Waals surface area contributed by atoms with Crippen LogP contribution in [0, 0.1) is 6.92 Å². The average molecular weight is 522 g/mol. The highest BCUT2D eigenvalue weighted by atomic mass is 32.1. The molecule has 2 aliphatic heterocycles. The average Bonchev–Trinajstić information content (AvgIpc) is 3.66. The van der Waals surface area contributed by atoms with E-state index in [1.807, 2.05) is 23.6 Å². The summed E-state index contributed by atoms with van der Waals surface area (Å²) in [6, 6.07) is 2.68. The van der Waals surface area contributed by atoms with Gasteiger partial charge in [0.2, 0.25) is 0 Å². The Balaban J connectivity index is 1.28. The molecule has 2 aliphatic rings. The molecule has 4 aromatic heterocycles. The van der Waals surface area contributed by atoms with Gasteiger partial charge in [-0.25, -0.2) is 14.5 Å². The first-order chi connectivity index (χ1) is 18.0. The lowest BCUT2D eigenvalue weighted by Gasteiger charge is -2.39. The highest BCUT2D eigenvalue weighted by Gasteiger charge is 2.30. The molecule has 10 heteroatoms. The largest absolute Gasteiger partial charge is 0.493 e. The van der Waals surface area contributed by atoms with Crippen LogP contribution in [0.4, 0.5) is 0 Å². The number of fused-ring (bicyclic) bond motifs is 1. The summed E-state index contributed by atoms with van der Waals surface area (Å²) in [6.45, 7) is 10.7. The lowest BCUT2D eigenvalue weighted by molar-refractivity contribution is 0.0253. The molecule has 0 bridgehead atoms. The number of thiazole rings is 1. The molecule has 4 aromatic rings. The number of piperidine rings is 1. The van der Waals surface area contributed by atoms with Gasteiger partial charge < -0.3 is 14.4 Å². The summed E-state index contributed by atoms with van der Waals surface area (Å²) in [6.07, 6.45) is 8.23. The minimum absolute atomic E-state index is 0.261. The SMILES string of the molecule is COc1cc(-c2n[nH]c(-c3nc(C)c(C4CCN(C5CCOCC5)CC4)s3)c2C(C)C)cn2ncnc12. The van der Waals surface area contributed by atoms with Gasteiger partial charge in [0.05, 0.1) is 24.2 Å². The molecule has 0 aromatic carbocycles. The summed E-state index contributed by atoms with van der Waals surface area (Å²) >= 11 is 1.83. The van der Waals surface area contributed by atoms with Crippen LogP contribution in [0.3, 0.4) is 0 Å². The maximum absolute atomic E-state index is 5.59. The molecule has 9 nitrogen and oxygen atoms in total. The summed E-state index contributed by atoms with van der Waals surface area (Å²) in [5.74, 6) is 1.51. The fourth-order valence-corrected chi connectivity index (χ4v) is 7.19. The van der Waals surface area contributed by atoms with Crippen LogP contribution in [-0.2, 0) is 4.74 Å². The van der Waals surface area contributed by atoms with Crippen molar-refractivity contribution in [2.45, 2.75) is 64.3 Å². The molecule has 196 valence electrons. The second-order valence-corrected chi connectivity index (χ2v) is 11.5. The van der Waals surface area contributed by atoms with Gasteiger partial charge in [0, 0.05) is 41.5 Å². The summed E-state index contributed by atoms with van der Waals surface area (Å²) in [7, 11) is 1.65. The van der Waals surface area contributed by atoms with E-state index < -0.39 is 0 Å². The summed E-state index contributed by atoms with van der Waals surface area (Å²) in [5, 5.41) is 13.5. The Hall–Kier alpha value is -2.82. The van der Waals surface area contributed by atoms with Crippen molar-refractivity contribution in [1.29, 1.82) is 0 Å². The number of hydrogen-bond acceptors (Lipinski definition) is 8. The molecule has 2 fully saturated rings. The van der Waals surface area contributed by atoms with Crippen LogP contribution in [-0.4, -0.2) is 74.1 Å². The number of rotatable bonds is 6. The quantitative estimate of drug-likeness (QED) is 0.380. The van der Waals surface area contributed by atoms with Crippen LogP contribution in [0.15, 0.2) is 18.6 Å². The van der Waals surface area contributed by atoms with Crippen LogP contribution in [0.25, 0.3) is 27.6 Å². The van der Waals surface area contributed by atoms with Gasteiger partial charge in [-0.05, 0) is 63.6 Å². The topological polar surface area (TPSA) is 93.5 Å². The summed E-state index contributed by atoms with van der Waals surface area (Å²) in [4.78, 5) is 13.5. The Morgan fingerprint density at radius 2 is 1.95 bits per heavy atom. The molecule has 37 heavy (non-hydrogen) atoms. The van der Waals surface area contributed by atoms with Crippen molar-refractivity contribution in [2.75, 3.05) is 33.4 Å². The lowest BCUT2D eigenvalue weighted by Crippen LogP contribution is -2.43. The van der Waals surface area contributed by atoms with E-state index in [4.69, 9.17) is 19.6 Å². The first kappa shape index (κ1) is 24.5. The van der Waals surface area contributed by atoms with Gasteiger partial charge in [0.1, 0.15) is 11.3 Å². The number of nitrogens with one attached hydrogen (secondary N) is 1. The van der Waals surface area contributed by atoms with Crippen molar-refractivity contribution in [1.82, 2.24) is 34.7 Å². The molecule has 1 N–H and O–H groups in total. The third-order valence-corrected chi connectivity index (χ3v) is 9.21. The van der Waals surface area contributed by atoms with Gasteiger partial charge >= 0.3 is 0 Å². The molecule has 6 rings (SSSR count). The lowest BCUT2D eigenvalue weighted by atomic mass is 9.92. The third kappa shape index (κ3) is 4.55. The predicted molar refractivity (Wildman–Crippen MR) is 144 cm³/mol. The van der Waals surface area contributed by atoms with Gasteiger partial charge in [-0.15, -0.1) is 11.3 Å². The highest BCUT2D eigenvalue weighted by molar-refractivity contribution is 7.15. The fraction of sp³-hybridized carbons (Fsp3) is 0.556. The maximum Gasteiger partial charge on any atom is 0.197 e. The van der Waals surface area contributed by atoms with E-state index in [0.717, 1.165) is 46.4 Å². The number of pyridine rings is 1. The van der Waals surface area contributed by atoms with Crippen molar-refractivity contribution in [2.24, 2.45) is 0 Å². The van der Waals surface area contributed by atoms with Crippen molar-refractivity contribution in [3.63, 3.8) is 0 Å². The van der Waals surface area contributed by atoms with Crippen LogP contribution >= 0.6 is 11.3 Å². The zero-order valence-corrected chi connectivity index (χ0v) is 22.8. The molecule has 0 saturated carbocycles. The Kier molecular flexibility index (Phi) is 6.73. The Labute approximate surface area is 221 Å². The van der Waals surface area contributed by atoms with Gasteiger partial charge in [0.15, 0.2) is 11.4 Å². The minimum Gasteiger partial charge on any atom is -0.493 e. The number of hydrogen-bond donors (Lipinski definition) is 1. The van der Waals surface area contributed by atoms with Crippen LogP contribution < -0.4 is 4.74 Å². The molecule has 6 heterocycles. The number of likely N-dealkylation sites (tertiary alicyclic amines) is 1. The molecular weight excluding hydrogens is 486 g/mol. The monoisotopic (exact) mass is 521 g/mol. The summed E-state index contributed by atoms with van der Waals surface area (Å²) < 4.78 is 12.9. The standard InChI is InChI=1S/C27H35N7O2S/c1-16(2)22-23(19-13-21(35-4)26-28-15-29-34(26)14-19)31-32-24(22)27-30-17(3)25(37-27)18-5-9-33(10-6-18)20-7-11-36-12-8-20/h13-16,18,20H,5-12H2,1-4H3,(H,31,32). The van der Waals surface area contributed by atoms with E-state index in [2.05, 4.69) is 40.9 Å². The second kappa shape index (κ2) is 10.2. The first-order valence-corrected chi connectivity index (χ1v) is 14.1. The predicted octanol–water partition coefficient (Wildman–Crippen LogP) is 5.04. The molecule has 0 amide bonds. The highest BCUT2D eigenvalue weighted by Crippen LogP contribution is 2.42. The van der Waals surface area contributed by atoms with E-state index in [-0.39, 0.29) is 5.92 Å². The Bertz CT molecular complexity index is 1380. The van der Waals surface area contributed by atoms with Crippen molar-refractivity contribution < 1.29 is 9.47 Å². The number of aromatic amines is 1. The number of nitrogens with zero attached hydrogens (tertiary/aromatic N) is 6. The summed E-state index contributed by atoms with van der Waals surface area (Å²) in [5.41, 5.74) is 5.87. The van der Waals surface area contributed by atoms with Gasteiger partial charge in [-0.2, -0.15) is 10.2 Å². The van der Waals surface area contributed by atoms with E-state index >= 15 is 0 Å². The zero-order chi connectivity index (χ0) is 25.5. The molecule has 0 spiro atoms. The van der Waals surface area contributed by atoms with Gasteiger partial charge in [-0.1, -0.05) is 13.8 Å². The number of methoxy groups -OCH3 is 1. The van der Waals surface area contributed by atoms with Crippen LogP contribution in [0.1, 0.15) is 67.5 Å². The number of ether oxygens (including phenoxy) is 2. The van der Waals surface area contributed by atoms with E-state index in [1.54, 1.807) is 11.6 Å². The smallest absolute Gasteiger partial charge is 0.197 e. The zero-order valence-electron chi connectivity index (χ0n) is 22.0. The number of H-pyrrole nitrogens is 1. The molecular formula is C27H35N7O2S. The molecule has 0 unspecified atom stereocenters. The van der Waals surface area contributed by atoms with E-state index in [1.165, 1.54) is 50.0 Å². The second-order valence-electron chi connectivity index (χ2n) is 10.5. The van der Waals surface area contributed by atoms with Gasteiger partial charge in [-0.3, -0.25) is 5.10 Å². The molecule has 0 atom stereocenters. The van der Waals surface area contributed by atoms with Crippen molar-refractivity contribution >= 4 is 17.0 Å². The number of aryl methyl sites for hydroxylation is 1. The number of aromatic nitrogens is 6. The van der Waals surface area contributed by atoms with Crippen molar-refractivity contribution in [3.8, 4) is 27.7 Å². The van der Waals surface area contributed by atoms with E-state index in [0.29, 0.717) is 23.4 Å². The van der Waals surface area contributed by atoms with E-state index in [9.17, 15) is 0 Å². The van der Waals surface area contributed by atoms with Crippen LogP contribution in [0.2, 0.25) is 0 Å². The van der Waals surface area contributed by atoms with Crippen molar-refractivity contribution in [3.05, 3.63) is 34.7 Å². The Morgan fingerprint density at radius 3 is 2.68 bits per heavy atom. The maximum atomic E-state index is 5.59. The minimum atomic E-state index is 0.261. The normalized spacial score (nSPS) is 18.3. The molecule has 2 saturated heterocycles. The fourth-order valence-electron chi connectivity index (χ4n) is 5.94. The van der Waals surface area contributed by atoms with Crippen LogP contribution in [0.5, 0.6) is 5.75 Å².